The minimum atomic E-state index is 0.583. The van der Waals surface area contributed by atoms with Gasteiger partial charge >= 0.3 is 0 Å². The smallest absolute Gasteiger partial charge is 0.114 e. The summed E-state index contributed by atoms with van der Waals surface area (Å²) in [6.45, 7) is 4.55. The van der Waals surface area contributed by atoms with Crippen LogP contribution < -0.4 is 5.73 Å². The van der Waals surface area contributed by atoms with Crippen LogP contribution in [0.2, 0.25) is 0 Å². The van der Waals surface area contributed by atoms with Crippen LogP contribution in [-0.2, 0) is 6.54 Å². The third-order valence-electron chi connectivity index (χ3n) is 3.12. The van der Waals surface area contributed by atoms with Gasteiger partial charge in [-0.3, -0.25) is 4.99 Å². The molecule has 21 heavy (non-hydrogen) atoms. The first kappa shape index (κ1) is 14.1. The Balaban J connectivity index is 1.93. The van der Waals surface area contributed by atoms with Gasteiger partial charge in [0.2, 0.25) is 0 Å². The molecule has 3 N–H and O–H groups in total. The highest BCUT2D eigenvalue weighted by Gasteiger charge is 2.21. The van der Waals surface area contributed by atoms with Crippen molar-refractivity contribution >= 4 is 33.7 Å². The number of nitrogens with zero attached hydrogens (tertiary/aromatic N) is 3. The number of H-pyrrole nitrogens is 1. The van der Waals surface area contributed by atoms with Crippen molar-refractivity contribution in [3.63, 3.8) is 0 Å². The number of thioether (sulfide) groups is 1. The number of aromatic amines is 1. The normalized spacial score (nSPS) is 19.1. The summed E-state index contributed by atoms with van der Waals surface area (Å²) in [4.78, 5) is 16.4. The maximum atomic E-state index is 6.12. The zero-order chi connectivity index (χ0) is 14.8. The Morgan fingerprint density at radius 1 is 1.43 bits per heavy atom. The summed E-state index contributed by atoms with van der Waals surface area (Å²) in [6.07, 6.45) is 3.62. The van der Waals surface area contributed by atoms with Crippen LogP contribution in [-0.4, -0.2) is 20.0 Å². The van der Waals surface area contributed by atoms with Crippen LogP contribution >= 0.6 is 23.1 Å². The lowest BCUT2D eigenvalue weighted by Gasteiger charge is -2.07. The first-order chi connectivity index (χ1) is 10.1. The van der Waals surface area contributed by atoms with E-state index in [9.17, 15) is 0 Å². The molecule has 1 aliphatic rings. The molecule has 0 amide bonds. The fourth-order valence-electron chi connectivity index (χ4n) is 2.07. The Kier molecular flexibility index (Phi) is 3.94. The Morgan fingerprint density at radius 2 is 2.29 bits per heavy atom. The van der Waals surface area contributed by atoms with Crippen LogP contribution in [0, 0.1) is 6.92 Å². The van der Waals surface area contributed by atoms with Gasteiger partial charge in [-0.1, -0.05) is 11.8 Å². The molecule has 108 valence electrons. The molecular weight excluding hydrogens is 302 g/mol. The molecule has 2 aromatic heterocycles. The second kappa shape index (κ2) is 5.87. The topological polar surface area (TPSA) is 79.9 Å². The van der Waals surface area contributed by atoms with Gasteiger partial charge in [0.1, 0.15) is 15.9 Å². The summed E-state index contributed by atoms with van der Waals surface area (Å²) in [5.41, 5.74) is 9.89. The molecule has 3 rings (SSSR count). The number of rotatable bonds is 3. The van der Waals surface area contributed by atoms with Gasteiger partial charge in [-0.15, -0.1) is 11.3 Å². The number of nitrogens with two attached hydrogens (primary N) is 1. The predicted molar refractivity (Wildman–Crippen MR) is 89.0 cm³/mol. The van der Waals surface area contributed by atoms with Crippen LogP contribution in [0.15, 0.2) is 39.4 Å². The van der Waals surface area contributed by atoms with E-state index in [4.69, 9.17) is 5.73 Å². The molecule has 0 bridgehead atoms. The Labute approximate surface area is 131 Å². The molecule has 1 aliphatic heterocycles. The van der Waals surface area contributed by atoms with Gasteiger partial charge in [0.15, 0.2) is 0 Å². The lowest BCUT2D eigenvalue weighted by molar-refractivity contribution is 1.04. The SMILES string of the molecule is C/C(=C1/C(N)=CS/C1=N/Cc1nccs1)c1cnc(C)[nH]1. The van der Waals surface area contributed by atoms with E-state index in [1.165, 1.54) is 0 Å². The van der Waals surface area contributed by atoms with Crippen LogP contribution in [0.4, 0.5) is 0 Å². The van der Waals surface area contributed by atoms with E-state index >= 15 is 0 Å². The van der Waals surface area contributed by atoms with E-state index in [2.05, 4.69) is 19.9 Å². The number of aliphatic imine (C=N–C) groups is 1. The minimum Gasteiger partial charge on any atom is -0.398 e. The first-order valence-corrected chi connectivity index (χ1v) is 8.20. The number of aromatic nitrogens is 3. The van der Waals surface area contributed by atoms with Crippen molar-refractivity contribution in [2.75, 3.05) is 0 Å². The fraction of sp³-hybridized carbons (Fsp3) is 0.214. The third-order valence-corrected chi connectivity index (χ3v) is 4.82. The summed E-state index contributed by atoms with van der Waals surface area (Å²) in [6, 6.07) is 0. The Morgan fingerprint density at radius 3 is 2.95 bits per heavy atom. The molecule has 0 fully saturated rings. The van der Waals surface area contributed by atoms with E-state index in [1.807, 2.05) is 30.8 Å². The van der Waals surface area contributed by atoms with Gasteiger partial charge in [0.25, 0.3) is 0 Å². The summed E-state index contributed by atoms with van der Waals surface area (Å²) in [5.74, 6) is 0.888. The van der Waals surface area contributed by atoms with E-state index in [0.29, 0.717) is 6.54 Å². The second-order valence-electron chi connectivity index (χ2n) is 4.62. The van der Waals surface area contributed by atoms with Crippen LogP contribution in [0.25, 0.3) is 5.57 Å². The molecule has 0 saturated carbocycles. The van der Waals surface area contributed by atoms with Crippen molar-refractivity contribution in [1.29, 1.82) is 0 Å². The maximum Gasteiger partial charge on any atom is 0.114 e. The van der Waals surface area contributed by atoms with E-state index < -0.39 is 0 Å². The molecule has 0 aliphatic carbocycles. The number of thiazole rings is 1. The van der Waals surface area contributed by atoms with Gasteiger partial charge in [-0.25, -0.2) is 9.97 Å². The summed E-state index contributed by atoms with van der Waals surface area (Å²) in [5, 5.41) is 5.83. The van der Waals surface area contributed by atoms with E-state index in [-0.39, 0.29) is 0 Å². The lowest BCUT2D eigenvalue weighted by atomic mass is 10.1. The summed E-state index contributed by atoms with van der Waals surface area (Å²) >= 11 is 3.17. The highest BCUT2D eigenvalue weighted by Crippen LogP contribution is 2.33. The van der Waals surface area contributed by atoms with Gasteiger partial charge in [-0.2, -0.15) is 0 Å². The van der Waals surface area contributed by atoms with Crippen molar-refractivity contribution in [2.45, 2.75) is 20.4 Å². The van der Waals surface area contributed by atoms with Crippen molar-refractivity contribution in [3.8, 4) is 0 Å². The Hall–Kier alpha value is -1.86. The second-order valence-corrected chi connectivity index (χ2v) is 6.46. The van der Waals surface area contributed by atoms with Crippen molar-refractivity contribution in [3.05, 3.63) is 51.0 Å². The molecule has 7 heteroatoms. The maximum absolute atomic E-state index is 6.12. The quantitative estimate of drug-likeness (QED) is 0.911. The average molecular weight is 317 g/mol. The van der Waals surface area contributed by atoms with Crippen LogP contribution in [0.1, 0.15) is 23.4 Å². The largest absolute Gasteiger partial charge is 0.398 e. The minimum absolute atomic E-state index is 0.583. The molecule has 2 aromatic rings. The molecule has 5 nitrogen and oxygen atoms in total. The molecule has 3 heterocycles. The van der Waals surface area contributed by atoms with Crippen molar-refractivity contribution in [2.24, 2.45) is 10.7 Å². The third kappa shape index (κ3) is 2.93. The fourth-order valence-corrected chi connectivity index (χ4v) is 3.49. The monoisotopic (exact) mass is 317 g/mol. The predicted octanol–water partition coefficient (Wildman–Crippen LogP) is 3.09. The number of nitrogens with one attached hydrogen (secondary N) is 1. The van der Waals surface area contributed by atoms with Crippen LogP contribution in [0.5, 0.6) is 0 Å². The molecule has 0 unspecified atom stereocenters. The Bertz CT molecular complexity index is 737. The zero-order valence-electron chi connectivity index (χ0n) is 11.8. The van der Waals surface area contributed by atoms with Crippen molar-refractivity contribution in [1.82, 2.24) is 15.0 Å². The number of hydrogen-bond acceptors (Lipinski definition) is 6. The molecular formula is C14H15N5S2. The molecule has 0 aromatic carbocycles. The highest BCUT2D eigenvalue weighted by atomic mass is 32.2. The van der Waals surface area contributed by atoms with Gasteiger partial charge in [0, 0.05) is 28.3 Å². The standard InChI is InChI=1S/C14H15N5S2/c1-8(11-5-17-9(2)19-11)13-10(15)7-21-14(13)18-6-12-16-3-4-20-12/h3-5,7H,6,15H2,1-2H3,(H,17,19)/b13-8+,18-14+. The number of imidazole rings is 1. The molecule has 0 atom stereocenters. The molecule has 0 saturated heterocycles. The highest BCUT2D eigenvalue weighted by molar-refractivity contribution is 8.17. The van der Waals surface area contributed by atoms with Gasteiger partial charge in [0.05, 0.1) is 18.4 Å². The lowest BCUT2D eigenvalue weighted by Crippen LogP contribution is -2.05. The molecule has 0 radical (unpaired) electrons. The van der Waals surface area contributed by atoms with Gasteiger partial charge < -0.3 is 10.7 Å². The number of allylic oxidation sites excluding steroid dienone is 2. The van der Waals surface area contributed by atoms with Crippen LogP contribution in [0.3, 0.4) is 0 Å². The van der Waals surface area contributed by atoms with Crippen molar-refractivity contribution < 1.29 is 0 Å². The summed E-state index contributed by atoms with van der Waals surface area (Å²) < 4.78 is 0. The zero-order valence-corrected chi connectivity index (χ0v) is 13.4. The van der Waals surface area contributed by atoms with Gasteiger partial charge in [-0.05, 0) is 19.4 Å². The average Bonchev–Trinajstić information content (AvgIpc) is 3.17. The van der Waals surface area contributed by atoms with E-state index in [0.717, 1.165) is 38.4 Å². The molecule has 0 spiro atoms. The van der Waals surface area contributed by atoms with E-state index in [1.54, 1.807) is 29.3 Å². The number of aryl methyl sites for hydroxylation is 1. The summed E-state index contributed by atoms with van der Waals surface area (Å²) in [7, 11) is 0. The first-order valence-electron chi connectivity index (χ1n) is 6.44. The number of hydrogen-bond donors (Lipinski definition) is 2.